The number of anilines is 1. The first kappa shape index (κ1) is 18.7. The third-order valence-corrected chi connectivity index (χ3v) is 4.14. The molecular formula is C13H17F3NO4P. The molecule has 9 heteroatoms. The predicted octanol–water partition coefficient (Wildman–Crippen LogP) is 3.24. The highest BCUT2D eigenvalue weighted by Crippen LogP contribution is 2.44. The van der Waals surface area contributed by atoms with Crippen molar-refractivity contribution in [3.63, 3.8) is 0 Å². The van der Waals surface area contributed by atoms with Crippen molar-refractivity contribution in [3.8, 4) is 0 Å². The Balaban J connectivity index is 2.88. The summed E-state index contributed by atoms with van der Waals surface area (Å²) in [5, 5.41) is 2.23. The van der Waals surface area contributed by atoms with Crippen LogP contribution < -0.4 is 5.32 Å². The average molecular weight is 339 g/mol. The van der Waals surface area contributed by atoms with Crippen LogP contribution in [0.3, 0.4) is 0 Å². The molecule has 0 saturated carbocycles. The second kappa shape index (κ2) is 6.81. The molecule has 0 saturated heterocycles. The predicted molar refractivity (Wildman–Crippen MR) is 75.4 cm³/mol. The molecule has 1 rings (SSSR count). The number of carbonyl (C=O) groups excluding carboxylic acids is 1. The Morgan fingerprint density at radius 1 is 1.23 bits per heavy atom. The van der Waals surface area contributed by atoms with E-state index >= 15 is 0 Å². The topological polar surface area (TPSA) is 86.6 Å². The minimum Gasteiger partial charge on any atom is -0.325 e. The molecule has 22 heavy (non-hydrogen) atoms. The quantitative estimate of drug-likeness (QED) is 0.719. The summed E-state index contributed by atoms with van der Waals surface area (Å²) in [7, 11) is -4.65. The molecule has 0 aliphatic heterocycles. The molecule has 0 unspecified atom stereocenters. The van der Waals surface area contributed by atoms with Crippen molar-refractivity contribution in [2.75, 3.05) is 5.32 Å². The summed E-state index contributed by atoms with van der Waals surface area (Å²) in [6.07, 6.45) is -4.52. The van der Waals surface area contributed by atoms with Crippen molar-refractivity contribution < 1.29 is 32.3 Å². The van der Waals surface area contributed by atoms with Gasteiger partial charge in [-0.1, -0.05) is 13.8 Å². The summed E-state index contributed by atoms with van der Waals surface area (Å²) in [4.78, 5) is 30.4. The van der Waals surface area contributed by atoms with Crippen LogP contribution >= 0.6 is 7.60 Å². The van der Waals surface area contributed by atoms with E-state index in [1.807, 2.05) is 0 Å². The molecule has 1 amide bonds. The standard InChI is InChI=1S/C13H17F3NO4P/c1-8(2)7-11(22(19,20)21)12(18)17-10-5-3-9(4-6-10)13(14,15)16/h3-6,8,11H,7H2,1-2H3,(H,17,18)(H2,19,20,21)/t11-/m1/s1. The highest BCUT2D eigenvalue weighted by molar-refractivity contribution is 7.53. The molecule has 3 N–H and O–H groups in total. The number of carbonyl (C=O) groups is 1. The SMILES string of the molecule is CC(C)C[C@H](C(=O)Nc1ccc(C(F)(F)F)cc1)P(=O)(O)O. The van der Waals surface area contributed by atoms with E-state index in [9.17, 15) is 32.3 Å². The van der Waals surface area contributed by atoms with Gasteiger partial charge in [-0.05, 0) is 36.6 Å². The zero-order chi connectivity index (χ0) is 17.1. The first-order valence-corrected chi connectivity index (χ1v) is 8.12. The summed E-state index contributed by atoms with van der Waals surface area (Å²) in [6.45, 7) is 3.40. The van der Waals surface area contributed by atoms with Crippen molar-refractivity contribution in [2.24, 2.45) is 5.92 Å². The fourth-order valence-electron chi connectivity index (χ4n) is 1.81. The first-order valence-electron chi connectivity index (χ1n) is 6.44. The lowest BCUT2D eigenvalue weighted by molar-refractivity contribution is -0.137. The molecule has 5 nitrogen and oxygen atoms in total. The minimum absolute atomic E-state index is 0.0310. The third kappa shape index (κ3) is 5.44. The van der Waals surface area contributed by atoms with E-state index in [-0.39, 0.29) is 18.0 Å². The lowest BCUT2D eigenvalue weighted by Crippen LogP contribution is -2.29. The maximum absolute atomic E-state index is 12.4. The number of benzene rings is 1. The molecule has 0 aliphatic carbocycles. The van der Waals surface area contributed by atoms with Gasteiger partial charge in [-0.15, -0.1) is 0 Å². The normalized spacial score (nSPS) is 14.0. The number of halogens is 3. The largest absolute Gasteiger partial charge is 0.416 e. The van der Waals surface area contributed by atoms with Crippen molar-refractivity contribution in [1.82, 2.24) is 0 Å². The maximum atomic E-state index is 12.4. The van der Waals surface area contributed by atoms with Gasteiger partial charge in [-0.25, -0.2) is 0 Å². The van der Waals surface area contributed by atoms with Crippen LogP contribution in [0.1, 0.15) is 25.8 Å². The van der Waals surface area contributed by atoms with Gasteiger partial charge < -0.3 is 15.1 Å². The van der Waals surface area contributed by atoms with E-state index in [1.54, 1.807) is 13.8 Å². The Morgan fingerprint density at radius 3 is 2.09 bits per heavy atom. The summed E-state index contributed by atoms with van der Waals surface area (Å²) in [5.74, 6) is -1.04. The Hall–Kier alpha value is -1.37. The van der Waals surface area contributed by atoms with E-state index in [0.29, 0.717) is 0 Å². The maximum Gasteiger partial charge on any atom is 0.416 e. The zero-order valence-electron chi connectivity index (χ0n) is 12.0. The van der Waals surface area contributed by atoms with Crippen LogP contribution in [0.25, 0.3) is 0 Å². The Kier molecular flexibility index (Phi) is 5.78. The van der Waals surface area contributed by atoms with E-state index in [2.05, 4.69) is 5.32 Å². The van der Waals surface area contributed by atoms with E-state index in [4.69, 9.17) is 0 Å². The number of hydrogen-bond donors (Lipinski definition) is 3. The average Bonchev–Trinajstić information content (AvgIpc) is 2.33. The monoisotopic (exact) mass is 339 g/mol. The molecular weight excluding hydrogens is 322 g/mol. The van der Waals surface area contributed by atoms with Gasteiger partial charge in [0, 0.05) is 5.69 Å². The molecule has 0 fully saturated rings. The number of rotatable bonds is 5. The number of hydrogen-bond acceptors (Lipinski definition) is 2. The van der Waals surface area contributed by atoms with E-state index < -0.39 is 30.9 Å². The van der Waals surface area contributed by atoms with Gasteiger partial charge in [0.2, 0.25) is 5.91 Å². The smallest absolute Gasteiger partial charge is 0.325 e. The van der Waals surface area contributed by atoms with Crippen LogP contribution in [0.4, 0.5) is 18.9 Å². The molecule has 0 spiro atoms. The number of nitrogens with one attached hydrogen (secondary N) is 1. The van der Waals surface area contributed by atoms with Crippen LogP contribution in [0.2, 0.25) is 0 Å². The van der Waals surface area contributed by atoms with Crippen LogP contribution in [-0.4, -0.2) is 21.4 Å². The molecule has 0 aliphatic rings. The van der Waals surface area contributed by atoms with Gasteiger partial charge >= 0.3 is 13.8 Å². The molecule has 0 aromatic heterocycles. The van der Waals surface area contributed by atoms with Crippen molar-refractivity contribution in [1.29, 1.82) is 0 Å². The minimum atomic E-state index is -4.65. The second-order valence-corrected chi connectivity index (χ2v) is 7.10. The lowest BCUT2D eigenvalue weighted by Gasteiger charge is -2.19. The van der Waals surface area contributed by atoms with Crippen LogP contribution in [-0.2, 0) is 15.5 Å². The molecule has 0 bridgehead atoms. The van der Waals surface area contributed by atoms with Gasteiger partial charge in [0.1, 0.15) is 5.66 Å². The molecule has 124 valence electrons. The van der Waals surface area contributed by atoms with E-state index in [1.165, 1.54) is 0 Å². The number of amides is 1. The first-order chi connectivity index (χ1) is 9.91. The van der Waals surface area contributed by atoms with Gasteiger partial charge in [0.25, 0.3) is 0 Å². The second-order valence-electron chi connectivity index (χ2n) is 5.30. The summed E-state index contributed by atoms with van der Waals surface area (Å²) < 4.78 is 48.6. The molecule has 1 aromatic carbocycles. The van der Waals surface area contributed by atoms with Crippen molar-refractivity contribution in [3.05, 3.63) is 29.8 Å². The van der Waals surface area contributed by atoms with Crippen LogP contribution in [0.15, 0.2) is 24.3 Å². The summed E-state index contributed by atoms with van der Waals surface area (Å²) in [6, 6.07) is 3.63. The Morgan fingerprint density at radius 2 is 1.73 bits per heavy atom. The fourth-order valence-corrected chi connectivity index (χ4v) is 2.88. The summed E-state index contributed by atoms with van der Waals surface area (Å²) in [5.41, 5.74) is -2.37. The van der Waals surface area contributed by atoms with Crippen molar-refractivity contribution in [2.45, 2.75) is 32.1 Å². The fraction of sp³-hybridized carbons (Fsp3) is 0.462. The zero-order valence-corrected chi connectivity index (χ0v) is 12.9. The van der Waals surface area contributed by atoms with Crippen LogP contribution in [0.5, 0.6) is 0 Å². The van der Waals surface area contributed by atoms with Gasteiger partial charge in [-0.3, -0.25) is 9.36 Å². The van der Waals surface area contributed by atoms with Gasteiger partial charge in [0.15, 0.2) is 0 Å². The Bertz CT molecular complexity index is 566. The molecule has 1 atom stereocenters. The number of alkyl halides is 3. The van der Waals surface area contributed by atoms with Crippen molar-refractivity contribution >= 4 is 19.2 Å². The van der Waals surface area contributed by atoms with Gasteiger partial charge in [0.05, 0.1) is 5.56 Å². The highest BCUT2D eigenvalue weighted by Gasteiger charge is 2.36. The molecule has 0 radical (unpaired) electrons. The molecule has 0 heterocycles. The van der Waals surface area contributed by atoms with E-state index in [0.717, 1.165) is 24.3 Å². The summed E-state index contributed by atoms with van der Waals surface area (Å²) >= 11 is 0. The Labute approximate surface area is 125 Å². The lowest BCUT2D eigenvalue weighted by atomic mass is 10.1. The highest BCUT2D eigenvalue weighted by atomic mass is 31.2. The third-order valence-electron chi connectivity index (χ3n) is 2.88. The molecule has 1 aromatic rings. The van der Waals surface area contributed by atoms with Gasteiger partial charge in [-0.2, -0.15) is 13.2 Å². The van der Waals surface area contributed by atoms with Crippen LogP contribution in [0, 0.1) is 5.92 Å².